The summed E-state index contributed by atoms with van der Waals surface area (Å²) in [6.07, 6.45) is 56.7. The van der Waals surface area contributed by atoms with Gasteiger partial charge in [0.2, 0.25) is 0 Å². The molecular formula is C65H106O12. The first kappa shape index (κ1) is 70.7. The van der Waals surface area contributed by atoms with Crippen LogP contribution in [0.25, 0.3) is 0 Å². The molecule has 1 rings (SSSR count). The number of esters is 3. The lowest BCUT2D eigenvalue weighted by Gasteiger charge is -2.40. The molecule has 6 unspecified atom stereocenters. The highest BCUT2D eigenvalue weighted by molar-refractivity contribution is 5.74. The van der Waals surface area contributed by atoms with Crippen molar-refractivity contribution in [3.8, 4) is 0 Å². The number of unbranched alkanes of at least 4 members (excludes halogenated alkanes) is 20. The second-order valence-corrected chi connectivity index (χ2v) is 20.2. The van der Waals surface area contributed by atoms with Crippen LogP contribution in [0, 0.1) is 0 Å². The fourth-order valence-electron chi connectivity index (χ4n) is 8.50. The second kappa shape index (κ2) is 52.3. The van der Waals surface area contributed by atoms with E-state index < -0.39 is 67.3 Å². The van der Waals surface area contributed by atoms with Gasteiger partial charge in [-0.05, 0) is 109 Å². The molecule has 1 aliphatic heterocycles. The molecule has 0 aliphatic carbocycles. The van der Waals surface area contributed by atoms with Crippen LogP contribution in [-0.4, -0.2) is 89.2 Å². The normalized spacial score (nSPS) is 18.7. The minimum Gasteiger partial charge on any atom is -0.479 e. The summed E-state index contributed by atoms with van der Waals surface area (Å²) in [6.45, 7) is 5.75. The van der Waals surface area contributed by atoms with Crippen molar-refractivity contribution in [3.63, 3.8) is 0 Å². The van der Waals surface area contributed by atoms with Gasteiger partial charge in [0, 0.05) is 19.3 Å². The zero-order chi connectivity index (χ0) is 56.1. The highest BCUT2D eigenvalue weighted by Gasteiger charge is 2.50. The third-order valence-electron chi connectivity index (χ3n) is 13.1. The molecule has 0 aromatic rings. The van der Waals surface area contributed by atoms with E-state index in [0.29, 0.717) is 25.7 Å². The minimum absolute atomic E-state index is 0.0353. The number of carbonyl (C=O) groups is 4. The van der Waals surface area contributed by atoms with Crippen LogP contribution in [0.2, 0.25) is 0 Å². The maximum Gasteiger partial charge on any atom is 0.335 e. The molecule has 438 valence electrons. The number of aliphatic hydroxyl groups is 2. The van der Waals surface area contributed by atoms with E-state index in [4.69, 9.17) is 23.7 Å². The van der Waals surface area contributed by atoms with Gasteiger partial charge in [-0.2, -0.15) is 0 Å². The van der Waals surface area contributed by atoms with Crippen LogP contribution in [0.3, 0.4) is 0 Å². The summed E-state index contributed by atoms with van der Waals surface area (Å²) in [5.41, 5.74) is 0. The van der Waals surface area contributed by atoms with Gasteiger partial charge in [-0.1, -0.05) is 208 Å². The molecule has 12 heteroatoms. The Bertz CT molecular complexity index is 1710. The Labute approximate surface area is 466 Å². The topological polar surface area (TPSA) is 175 Å². The molecule has 0 spiro atoms. The van der Waals surface area contributed by atoms with Crippen LogP contribution >= 0.6 is 0 Å². The zero-order valence-corrected chi connectivity index (χ0v) is 48.2. The molecule has 1 aliphatic rings. The lowest BCUT2D eigenvalue weighted by molar-refractivity contribution is -0.301. The van der Waals surface area contributed by atoms with Gasteiger partial charge >= 0.3 is 23.9 Å². The number of carbonyl (C=O) groups excluding carboxylic acids is 3. The predicted octanol–water partition coefficient (Wildman–Crippen LogP) is 15.7. The van der Waals surface area contributed by atoms with Crippen LogP contribution in [-0.2, 0) is 42.9 Å². The van der Waals surface area contributed by atoms with Crippen molar-refractivity contribution in [3.05, 3.63) is 97.2 Å². The lowest BCUT2D eigenvalue weighted by Crippen LogP contribution is -2.61. The average molecular weight is 1080 g/mol. The van der Waals surface area contributed by atoms with Crippen LogP contribution in [0.1, 0.15) is 239 Å². The van der Waals surface area contributed by atoms with Gasteiger partial charge in [0.15, 0.2) is 24.6 Å². The maximum absolute atomic E-state index is 13.1. The third-order valence-corrected chi connectivity index (χ3v) is 13.1. The first-order chi connectivity index (χ1) is 37.6. The summed E-state index contributed by atoms with van der Waals surface area (Å²) >= 11 is 0. The SMILES string of the molecule is CC/C=C\C/C=C\C/C=C\C/C=C\CCC(=O)OC(COC(=O)CCCCCCCCC/C=C\C/C=C\CCCCC)COC1OC(C(=O)O)C(O)C(O)C1OC(=O)CCCCCCCCC/C=C\C/C=C\CCCCC. The number of carboxylic acids is 1. The quantitative estimate of drug-likeness (QED) is 0.0228. The Morgan fingerprint density at radius 2 is 0.844 bits per heavy atom. The van der Waals surface area contributed by atoms with Gasteiger partial charge in [-0.3, -0.25) is 14.4 Å². The van der Waals surface area contributed by atoms with Gasteiger partial charge in [0.1, 0.15) is 18.8 Å². The third kappa shape index (κ3) is 42.3. The van der Waals surface area contributed by atoms with Crippen molar-refractivity contribution < 1.29 is 58.2 Å². The van der Waals surface area contributed by atoms with E-state index in [1.807, 2.05) is 12.2 Å². The number of hydrogen-bond acceptors (Lipinski definition) is 11. The lowest BCUT2D eigenvalue weighted by atomic mass is 9.98. The first-order valence-corrected chi connectivity index (χ1v) is 30.2. The van der Waals surface area contributed by atoms with Crippen LogP contribution in [0.15, 0.2) is 97.2 Å². The molecule has 0 radical (unpaired) electrons. The van der Waals surface area contributed by atoms with Gasteiger partial charge in [-0.25, -0.2) is 4.79 Å². The molecule has 1 fully saturated rings. The molecule has 6 atom stereocenters. The molecule has 77 heavy (non-hydrogen) atoms. The van der Waals surface area contributed by atoms with E-state index in [1.54, 1.807) is 0 Å². The number of rotatable bonds is 50. The van der Waals surface area contributed by atoms with Crippen molar-refractivity contribution in [2.75, 3.05) is 13.2 Å². The number of hydrogen-bond donors (Lipinski definition) is 3. The van der Waals surface area contributed by atoms with E-state index in [1.165, 1.54) is 57.8 Å². The van der Waals surface area contributed by atoms with E-state index in [2.05, 4.69) is 106 Å². The summed E-state index contributed by atoms with van der Waals surface area (Å²) < 4.78 is 28.3. The second-order valence-electron chi connectivity index (χ2n) is 20.2. The van der Waals surface area contributed by atoms with Gasteiger partial charge < -0.3 is 39.0 Å². The highest BCUT2D eigenvalue weighted by atomic mass is 16.7. The standard InChI is InChI=1S/C65H106O12/c1-4-7-10-13-16-19-22-25-27-29-31-34-36-39-42-45-48-51-57(66)73-54-56(75-58(67)52-49-46-43-40-37-33-24-21-18-15-12-9-6-3)55-74-65-63(61(70)60(69)62(77-65)64(71)72)76-59(68)53-50-47-44-41-38-35-32-30-28-26-23-20-17-14-11-8-5-2/h9,12,16-21,25-28,33,37,43,46,56,60-63,65,69-70H,4-8,10-11,13-15,22-24,29-32,34-36,38-42,44-45,47-55H2,1-3H3,(H,71,72)/b12-9-,19-16-,20-17-,21-18-,27-25-,28-26-,37-33-,46-43-. The van der Waals surface area contributed by atoms with Crippen LogP contribution in [0.4, 0.5) is 0 Å². The summed E-state index contributed by atoms with van der Waals surface area (Å²) in [5.74, 6) is -3.25. The molecule has 3 N–H and O–H groups in total. The minimum atomic E-state index is -1.92. The monoisotopic (exact) mass is 1080 g/mol. The van der Waals surface area contributed by atoms with Crippen molar-refractivity contribution >= 4 is 23.9 Å². The van der Waals surface area contributed by atoms with E-state index >= 15 is 0 Å². The molecule has 1 heterocycles. The Morgan fingerprint density at radius 3 is 1.30 bits per heavy atom. The Kier molecular flexibility index (Phi) is 48.0. The molecule has 12 nitrogen and oxygen atoms in total. The van der Waals surface area contributed by atoms with E-state index in [9.17, 15) is 34.5 Å². The predicted molar refractivity (Wildman–Crippen MR) is 312 cm³/mol. The Balaban J connectivity index is 2.72. The number of ether oxygens (including phenoxy) is 5. The Morgan fingerprint density at radius 1 is 0.442 bits per heavy atom. The molecule has 0 aromatic heterocycles. The molecular weight excluding hydrogens is 973 g/mol. The summed E-state index contributed by atoms with van der Waals surface area (Å²) in [7, 11) is 0. The number of aliphatic carboxylic acids is 1. The zero-order valence-electron chi connectivity index (χ0n) is 48.2. The van der Waals surface area contributed by atoms with Gasteiger partial charge in [-0.15, -0.1) is 0 Å². The average Bonchev–Trinajstić information content (AvgIpc) is 3.42. The fourth-order valence-corrected chi connectivity index (χ4v) is 8.50. The smallest absolute Gasteiger partial charge is 0.335 e. The van der Waals surface area contributed by atoms with Crippen LogP contribution < -0.4 is 0 Å². The molecule has 0 saturated carbocycles. The number of aliphatic hydroxyl groups excluding tert-OH is 2. The molecule has 0 aromatic carbocycles. The van der Waals surface area contributed by atoms with E-state index in [-0.39, 0.29) is 25.9 Å². The number of allylic oxidation sites excluding steroid dienone is 16. The van der Waals surface area contributed by atoms with Crippen molar-refractivity contribution in [1.29, 1.82) is 0 Å². The first-order valence-electron chi connectivity index (χ1n) is 30.2. The maximum atomic E-state index is 13.1. The fraction of sp³-hybridized carbons (Fsp3) is 0.692. The molecule has 1 saturated heterocycles. The largest absolute Gasteiger partial charge is 0.479 e. The van der Waals surface area contributed by atoms with Crippen molar-refractivity contribution in [2.24, 2.45) is 0 Å². The van der Waals surface area contributed by atoms with E-state index in [0.717, 1.165) is 116 Å². The number of carboxylic acid groups (broad SMARTS) is 1. The van der Waals surface area contributed by atoms with Crippen molar-refractivity contribution in [2.45, 2.75) is 276 Å². The highest BCUT2D eigenvalue weighted by Crippen LogP contribution is 2.26. The molecule has 0 amide bonds. The summed E-state index contributed by atoms with van der Waals surface area (Å²) in [6, 6.07) is 0. The van der Waals surface area contributed by atoms with Gasteiger partial charge in [0.05, 0.1) is 6.61 Å². The van der Waals surface area contributed by atoms with Crippen molar-refractivity contribution in [1.82, 2.24) is 0 Å². The summed E-state index contributed by atoms with van der Waals surface area (Å²) in [4.78, 5) is 51.1. The Hall–Kier alpha value is -4.36. The van der Waals surface area contributed by atoms with Crippen LogP contribution in [0.5, 0.6) is 0 Å². The summed E-state index contributed by atoms with van der Waals surface area (Å²) in [5, 5.41) is 31.5. The van der Waals surface area contributed by atoms with Gasteiger partial charge in [0.25, 0.3) is 0 Å². The molecule has 0 bridgehead atoms.